The average molecular weight is 297 g/mol. The van der Waals surface area contributed by atoms with Crippen molar-refractivity contribution in [2.24, 2.45) is 0 Å². The molecule has 2 N–H and O–H groups in total. The van der Waals surface area contributed by atoms with Crippen LogP contribution in [0.2, 0.25) is 0 Å². The fourth-order valence-electron chi connectivity index (χ4n) is 1.58. The molecule has 0 radical (unpaired) electrons. The third-order valence-corrected chi connectivity index (χ3v) is 2.70. The van der Waals surface area contributed by atoms with Crippen molar-refractivity contribution < 1.29 is 9.84 Å². The van der Waals surface area contributed by atoms with Crippen molar-refractivity contribution in [3.8, 4) is 6.01 Å². The highest BCUT2D eigenvalue weighted by Crippen LogP contribution is 2.15. The lowest BCUT2D eigenvalue weighted by atomic mass is 10.3. The van der Waals surface area contributed by atoms with Gasteiger partial charge in [-0.05, 0) is 33.6 Å². The van der Waals surface area contributed by atoms with Crippen molar-refractivity contribution >= 4 is 11.9 Å². The molecule has 1 heterocycles. The lowest BCUT2D eigenvalue weighted by molar-refractivity contribution is 0.186. The van der Waals surface area contributed by atoms with Crippen LogP contribution in [0.15, 0.2) is 0 Å². The van der Waals surface area contributed by atoms with E-state index in [9.17, 15) is 5.11 Å². The van der Waals surface area contributed by atoms with Crippen LogP contribution in [0.4, 0.5) is 11.9 Å². The van der Waals surface area contributed by atoms with E-state index in [2.05, 4.69) is 27.2 Å². The summed E-state index contributed by atoms with van der Waals surface area (Å²) in [6.07, 6.45) is 1.29. The first-order valence-electron chi connectivity index (χ1n) is 7.48. The first kappa shape index (κ1) is 17.4. The summed E-state index contributed by atoms with van der Waals surface area (Å²) in [6, 6.07) is 0.317. The Hall–Kier alpha value is -1.63. The quantitative estimate of drug-likeness (QED) is 0.717. The second-order valence-electron chi connectivity index (χ2n) is 5.39. The van der Waals surface area contributed by atoms with E-state index in [-0.39, 0.29) is 12.2 Å². The Labute approximate surface area is 126 Å². The van der Waals surface area contributed by atoms with Gasteiger partial charge in [-0.15, -0.1) is 0 Å². The Balaban J connectivity index is 2.88. The van der Waals surface area contributed by atoms with Crippen LogP contribution in [0.25, 0.3) is 0 Å². The number of aromatic nitrogens is 3. The molecule has 0 aromatic carbocycles. The van der Waals surface area contributed by atoms with Gasteiger partial charge in [0.05, 0.1) is 12.2 Å². The molecular weight excluding hydrogens is 270 g/mol. The summed E-state index contributed by atoms with van der Waals surface area (Å²) < 4.78 is 5.57. The van der Waals surface area contributed by atoms with Crippen LogP contribution >= 0.6 is 0 Å². The number of rotatable bonds is 9. The third-order valence-electron chi connectivity index (χ3n) is 2.70. The van der Waals surface area contributed by atoms with Crippen molar-refractivity contribution in [2.75, 3.05) is 30.4 Å². The van der Waals surface area contributed by atoms with Crippen molar-refractivity contribution in [2.45, 2.75) is 52.7 Å². The minimum absolute atomic E-state index is 0.00189. The Morgan fingerprint density at radius 1 is 1.24 bits per heavy atom. The van der Waals surface area contributed by atoms with Gasteiger partial charge in [-0.3, -0.25) is 0 Å². The van der Waals surface area contributed by atoms with Gasteiger partial charge in [0.15, 0.2) is 0 Å². The van der Waals surface area contributed by atoms with Crippen LogP contribution < -0.4 is 15.0 Å². The molecule has 0 spiro atoms. The molecule has 1 rings (SSSR count). The molecular formula is C14H27N5O2. The Bertz CT molecular complexity index is 426. The van der Waals surface area contributed by atoms with E-state index < -0.39 is 0 Å². The fraction of sp³-hybridized carbons (Fsp3) is 0.786. The summed E-state index contributed by atoms with van der Waals surface area (Å²) in [7, 11) is 1.89. The normalized spacial score (nSPS) is 12.3. The zero-order valence-corrected chi connectivity index (χ0v) is 13.6. The molecule has 0 fully saturated rings. The van der Waals surface area contributed by atoms with Gasteiger partial charge in [-0.25, -0.2) is 0 Å². The van der Waals surface area contributed by atoms with Gasteiger partial charge in [0, 0.05) is 20.1 Å². The lowest BCUT2D eigenvalue weighted by Gasteiger charge is -2.19. The van der Waals surface area contributed by atoms with Crippen molar-refractivity contribution in [3.05, 3.63) is 0 Å². The highest BCUT2D eigenvalue weighted by atomic mass is 16.5. The van der Waals surface area contributed by atoms with Crippen LogP contribution in [-0.4, -0.2) is 52.4 Å². The maximum Gasteiger partial charge on any atom is 0.323 e. The summed E-state index contributed by atoms with van der Waals surface area (Å²) >= 11 is 0. The van der Waals surface area contributed by atoms with Gasteiger partial charge in [-0.1, -0.05) is 6.92 Å². The van der Waals surface area contributed by atoms with E-state index in [0.717, 1.165) is 13.0 Å². The molecule has 0 aliphatic heterocycles. The van der Waals surface area contributed by atoms with Gasteiger partial charge in [0.1, 0.15) is 0 Å². The monoisotopic (exact) mass is 297 g/mol. The molecule has 0 amide bonds. The lowest BCUT2D eigenvalue weighted by Crippen LogP contribution is -2.25. The van der Waals surface area contributed by atoms with Crippen LogP contribution in [-0.2, 0) is 0 Å². The first-order valence-corrected chi connectivity index (χ1v) is 7.48. The topological polar surface area (TPSA) is 83.4 Å². The summed E-state index contributed by atoms with van der Waals surface area (Å²) in [4.78, 5) is 14.9. The van der Waals surface area contributed by atoms with Gasteiger partial charge < -0.3 is 20.1 Å². The first-order chi connectivity index (χ1) is 9.92. The van der Waals surface area contributed by atoms with Crippen molar-refractivity contribution in [1.82, 2.24) is 15.0 Å². The van der Waals surface area contributed by atoms with Crippen molar-refractivity contribution in [3.63, 3.8) is 0 Å². The summed E-state index contributed by atoms with van der Waals surface area (Å²) in [5, 5.41) is 12.5. The molecule has 0 aliphatic rings. The molecule has 0 bridgehead atoms. The van der Waals surface area contributed by atoms with E-state index >= 15 is 0 Å². The molecule has 7 nitrogen and oxygen atoms in total. The minimum atomic E-state index is -0.349. The number of nitrogens with one attached hydrogen (secondary N) is 1. The van der Waals surface area contributed by atoms with Crippen LogP contribution in [0.3, 0.4) is 0 Å². The van der Waals surface area contributed by atoms with E-state index in [1.165, 1.54) is 0 Å². The Kier molecular flexibility index (Phi) is 7.14. The van der Waals surface area contributed by atoms with Gasteiger partial charge >= 0.3 is 6.01 Å². The average Bonchev–Trinajstić information content (AvgIpc) is 2.41. The van der Waals surface area contributed by atoms with Crippen molar-refractivity contribution in [1.29, 1.82) is 0 Å². The predicted octanol–water partition coefficient (Wildman–Crippen LogP) is 1.69. The van der Waals surface area contributed by atoms with E-state index in [0.29, 0.717) is 30.9 Å². The largest absolute Gasteiger partial charge is 0.461 e. The van der Waals surface area contributed by atoms with Crippen LogP contribution in [0.5, 0.6) is 6.01 Å². The maximum absolute atomic E-state index is 9.38. The van der Waals surface area contributed by atoms with Gasteiger partial charge in [-0.2, -0.15) is 15.0 Å². The number of hydrogen-bond donors (Lipinski definition) is 2. The SMILES string of the molecule is CCCNc1nc(OC(C)C)nc(N(C)CCC(C)O)n1. The van der Waals surface area contributed by atoms with Gasteiger partial charge in [0.2, 0.25) is 11.9 Å². The number of hydrogen-bond acceptors (Lipinski definition) is 7. The zero-order chi connectivity index (χ0) is 15.8. The molecule has 7 heteroatoms. The molecule has 120 valence electrons. The molecule has 1 unspecified atom stereocenters. The van der Waals surface area contributed by atoms with E-state index in [1.807, 2.05) is 25.8 Å². The molecule has 0 aliphatic carbocycles. The molecule has 1 atom stereocenters. The van der Waals surface area contributed by atoms with Gasteiger partial charge in [0.25, 0.3) is 0 Å². The van der Waals surface area contributed by atoms with E-state index in [1.54, 1.807) is 6.92 Å². The second kappa shape index (κ2) is 8.61. The van der Waals surface area contributed by atoms with E-state index in [4.69, 9.17) is 4.74 Å². The Morgan fingerprint density at radius 2 is 1.95 bits per heavy atom. The summed E-state index contributed by atoms with van der Waals surface area (Å²) in [5.41, 5.74) is 0. The summed E-state index contributed by atoms with van der Waals surface area (Å²) in [6.45, 7) is 9.16. The number of nitrogens with zero attached hydrogens (tertiary/aromatic N) is 4. The minimum Gasteiger partial charge on any atom is -0.461 e. The second-order valence-corrected chi connectivity index (χ2v) is 5.39. The number of aliphatic hydroxyl groups excluding tert-OH is 1. The third kappa shape index (κ3) is 6.57. The number of aliphatic hydroxyl groups is 1. The smallest absolute Gasteiger partial charge is 0.323 e. The molecule has 0 saturated heterocycles. The summed E-state index contributed by atoms with van der Waals surface area (Å²) in [5.74, 6) is 1.06. The highest BCUT2D eigenvalue weighted by molar-refractivity contribution is 5.37. The predicted molar refractivity (Wildman–Crippen MR) is 83.9 cm³/mol. The fourth-order valence-corrected chi connectivity index (χ4v) is 1.58. The molecule has 1 aromatic heterocycles. The number of anilines is 2. The number of ether oxygens (including phenoxy) is 1. The molecule has 0 saturated carbocycles. The van der Waals surface area contributed by atoms with Crippen LogP contribution in [0.1, 0.15) is 40.5 Å². The standard InChI is InChI=1S/C14H27N5O2/c1-6-8-15-12-16-13(19(5)9-7-11(4)20)18-14(17-12)21-10(2)3/h10-11,20H,6-9H2,1-5H3,(H,15,16,17,18). The highest BCUT2D eigenvalue weighted by Gasteiger charge is 2.12. The molecule has 21 heavy (non-hydrogen) atoms. The Morgan fingerprint density at radius 3 is 2.52 bits per heavy atom. The maximum atomic E-state index is 9.38. The zero-order valence-electron chi connectivity index (χ0n) is 13.6. The van der Waals surface area contributed by atoms with Crippen LogP contribution in [0, 0.1) is 0 Å². The molecule has 1 aromatic rings.